The highest BCUT2D eigenvalue weighted by Gasteiger charge is 2.27. The van der Waals surface area contributed by atoms with Gasteiger partial charge in [0.25, 0.3) is 5.91 Å². The molecule has 2 N–H and O–H groups in total. The van der Waals surface area contributed by atoms with Crippen molar-refractivity contribution in [3.05, 3.63) is 24.5 Å². The molecule has 2 rings (SSSR count). The maximum atomic E-state index is 11.6. The maximum absolute atomic E-state index is 11.6. The Hall–Kier alpha value is -2.11. The molecule has 0 spiro atoms. The summed E-state index contributed by atoms with van der Waals surface area (Å²) in [6, 6.07) is -0.578. The Kier molecular flexibility index (Phi) is 2.47. The lowest BCUT2D eigenvalue weighted by atomic mass is 10.2. The number of hydrogen-bond donors (Lipinski definition) is 2. The van der Waals surface area contributed by atoms with Crippen molar-refractivity contribution in [1.29, 1.82) is 0 Å². The number of hydrogen-bond acceptors (Lipinski definition) is 3. The number of rotatable bonds is 2. The number of carbonyl (C=O) groups is 2. The molecule has 0 fully saturated rings. The van der Waals surface area contributed by atoms with Crippen LogP contribution in [-0.2, 0) is 16.1 Å². The standard InChI is InChI=1S/C10H12N4O2/c1-6(2)8(15)12-7-5-14-4-3-11-10(14)13-9(7)16/h3-4,7H,1,5H2,2H3,(H,12,15)(H,11,13,16). The van der Waals surface area contributed by atoms with Gasteiger partial charge in [0.05, 0.1) is 6.54 Å². The number of anilines is 1. The summed E-state index contributed by atoms with van der Waals surface area (Å²) >= 11 is 0. The van der Waals surface area contributed by atoms with Crippen molar-refractivity contribution in [2.45, 2.75) is 19.5 Å². The van der Waals surface area contributed by atoms with Gasteiger partial charge >= 0.3 is 0 Å². The van der Waals surface area contributed by atoms with Gasteiger partial charge in [-0.2, -0.15) is 0 Å². The smallest absolute Gasteiger partial charge is 0.251 e. The molecular formula is C10H12N4O2. The van der Waals surface area contributed by atoms with Gasteiger partial charge in [-0.1, -0.05) is 6.58 Å². The zero-order chi connectivity index (χ0) is 11.7. The molecule has 1 unspecified atom stereocenters. The summed E-state index contributed by atoms with van der Waals surface area (Å²) < 4.78 is 1.77. The van der Waals surface area contributed by atoms with Gasteiger partial charge in [0.2, 0.25) is 11.9 Å². The molecule has 2 heterocycles. The van der Waals surface area contributed by atoms with Crippen LogP contribution in [0, 0.1) is 0 Å². The lowest BCUT2D eigenvalue weighted by molar-refractivity contribution is -0.125. The number of aromatic nitrogens is 2. The molecule has 16 heavy (non-hydrogen) atoms. The van der Waals surface area contributed by atoms with Gasteiger partial charge < -0.3 is 9.88 Å². The fourth-order valence-electron chi connectivity index (χ4n) is 1.45. The van der Waals surface area contributed by atoms with E-state index in [9.17, 15) is 9.59 Å². The first-order chi connectivity index (χ1) is 7.58. The number of nitrogens with zero attached hydrogens (tertiary/aromatic N) is 2. The van der Waals surface area contributed by atoms with Crippen LogP contribution in [0.1, 0.15) is 6.92 Å². The second kappa shape index (κ2) is 3.80. The average Bonchev–Trinajstić information content (AvgIpc) is 2.65. The quantitative estimate of drug-likeness (QED) is 0.683. The third-order valence-electron chi connectivity index (χ3n) is 2.34. The highest BCUT2D eigenvalue weighted by Crippen LogP contribution is 2.12. The molecular weight excluding hydrogens is 208 g/mol. The minimum Gasteiger partial charge on any atom is -0.339 e. The highest BCUT2D eigenvalue weighted by atomic mass is 16.2. The van der Waals surface area contributed by atoms with Crippen LogP contribution >= 0.6 is 0 Å². The van der Waals surface area contributed by atoms with E-state index >= 15 is 0 Å². The summed E-state index contributed by atoms with van der Waals surface area (Å²) in [5.74, 6) is -0.0668. The van der Waals surface area contributed by atoms with Crippen LogP contribution in [0.5, 0.6) is 0 Å². The zero-order valence-electron chi connectivity index (χ0n) is 8.86. The van der Waals surface area contributed by atoms with Crippen molar-refractivity contribution in [1.82, 2.24) is 14.9 Å². The number of amides is 2. The topological polar surface area (TPSA) is 76.0 Å². The predicted octanol–water partition coefficient (Wildman–Crippen LogP) is -0.104. The first-order valence-electron chi connectivity index (χ1n) is 4.86. The molecule has 0 bridgehead atoms. The molecule has 1 aliphatic heterocycles. The largest absolute Gasteiger partial charge is 0.339 e. The van der Waals surface area contributed by atoms with E-state index in [1.807, 2.05) is 0 Å². The van der Waals surface area contributed by atoms with E-state index in [0.717, 1.165) is 0 Å². The van der Waals surface area contributed by atoms with Gasteiger partial charge in [-0.15, -0.1) is 0 Å². The normalized spacial score (nSPS) is 18.6. The third kappa shape index (κ3) is 1.81. The number of fused-ring (bicyclic) bond motifs is 1. The number of imidazole rings is 1. The summed E-state index contributed by atoms with van der Waals surface area (Å²) in [7, 11) is 0. The van der Waals surface area contributed by atoms with E-state index in [1.165, 1.54) is 0 Å². The molecule has 0 saturated carbocycles. The van der Waals surface area contributed by atoms with Crippen LogP contribution in [0.3, 0.4) is 0 Å². The van der Waals surface area contributed by atoms with E-state index in [2.05, 4.69) is 22.2 Å². The second-order valence-corrected chi connectivity index (χ2v) is 3.70. The minimum absolute atomic E-state index is 0.256. The van der Waals surface area contributed by atoms with Crippen molar-refractivity contribution in [3.63, 3.8) is 0 Å². The van der Waals surface area contributed by atoms with E-state index in [0.29, 0.717) is 18.1 Å². The number of nitrogens with one attached hydrogen (secondary N) is 2. The Labute approximate surface area is 92.4 Å². The van der Waals surface area contributed by atoms with Gasteiger partial charge in [-0.25, -0.2) is 4.98 Å². The lowest BCUT2D eigenvalue weighted by Crippen LogP contribution is -2.49. The molecule has 0 saturated heterocycles. The Morgan fingerprint density at radius 2 is 2.50 bits per heavy atom. The lowest BCUT2D eigenvalue weighted by Gasteiger charge is -2.24. The van der Waals surface area contributed by atoms with Crippen LogP contribution in [0.15, 0.2) is 24.5 Å². The van der Waals surface area contributed by atoms with Crippen LogP contribution in [0.4, 0.5) is 5.95 Å². The van der Waals surface area contributed by atoms with Crippen molar-refractivity contribution >= 4 is 17.8 Å². The van der Waals surface area contributed by atoms with Gasteiger partial charge in [0.1, 0.15) is 6.04 Å². The van der Waals surface area contributed by atoms with E-state index < -0.39 is 6.04 Å². The molecule has 1 atom stereocenters. The number of carbonyl (C=O) groups excluding carboxylic acids is 2. The van der Waals surface area contributed by atoms with Gasteiger partial charge in [-0.3, -0.25) is 14.9 Å². The SMILES string of the molecule is C=C(C)C(=O)NC1Cn2ccnc2NC1=O. The molecule has 6 heteroatoms. The maximum Gasteiger partial charge on any atom is 0.251 e. The molecule has 0 radical (unpaired) electrons. The molecule has 2 amide bonds. The zero-order valence-corrected chi connectivity index (χ0v) is 8.86. The van der Waals surface area contributed by atoms with E-state index in [4.69, 9.17) is 0 Å². The molecule has 1 aromatic heterocycles. The summed E-state index contributed by atoms with van der Waals surface area (Å²) in [5.41, 5.74) is 0.379. The second-order valence-electron chi connectivity index (χ2n) is 3.70. The Balaban J connectivity index is 2.11. The van der Waals surface area contributed by atoms with Gasteiger partial charge in [0, 0.05) is 18.0 Å². The van der Waals surface area contributed by atoms with Crippen molar-refractivity contribution in [2.75, 3.05) is 5.32 Å². The highest BCUT2D eigenvalue weighted by molar-refractivity contribution is 6.00. The third-order valence-corrected chi connectivity index (χ3v) is 2.34. The van der Waals surface area contributed by atoms with Crippen molar-refractivity contribution < 1.29 is 9.59 Å². The van der Waals surface area contributed by atoms with Crippen LogP contribution in [0.2, 0.25) is 0 Å². The van der Waals surface area contributed by atoms with Crippen molar-refractivity contribution in [3.8, 4) is 0 Å². The van der Waals surface area contributed by atoms with Gasteiger partial charge in [0.15, 0.2) is 0 Å². The predicted molar refractivity (Wildman–Crippen MR) is 57.6 cm³/mol. The molecule has 0 aromatic carbocycles. The Bertz CT molecular complexity index is 463. The van der Waals surface area contributed by atoms with E-state index in [1.54, 1.807) is 23.9 Å². The van der Waals surface area contributed by atoms with Crippen molar-refractivity contribution in [2.24, 2.45) is 0 Å². The first kappa shape index (κ1) is 10.4. The molecule has 1 aromatic rings. The Morgan fingerprint density at radius 1 is 1.75 bits per heavy atom. The minimum atomic E-state index is -0.578. The Morgan fingerprint density at radius 3 is 3.19 bits per heavy atom. The molecule has 6 nitrogen and oxygen atoms in total. The first-order valence-corrected chi connectivity index (χ1v) is 4.86. The summed E-state index contributed by atoms with van der Waals surface area (Å²) in [5, 5.41) is 5.20. The average molecular weight is 220 g/mol. The van der Waals surface area contributed by atoms with Crippen LogP contribution < -0.4 is 10.6 Å². The summed E-state index contributed by atoms with van der Waals surface area (Å²) in [6.45, 7) is 5.50. The summed E-state index contributed by atoms with van der Waals surface area (Å²) in [6.07, 6.45) is 3.34. The fourth-order valence-corrected chi connectivity index (χ4v) is 1.45. The van der Waals surface area contributed by atoms with Gasteiger partial charge in [-0.05, 0) is 6.92 Å². The molecule has 1 aliphatic rings. The monoisotopic (exact) mass is 220 g/mol. The molecule has 84 valence electrons. The summed E-state index contributed by atoms with van der Waals surface area (Å²) in [4.78, 5) is 27.0. The molecule has 0 aliphatic carbocycles. The fraction of sp³-hybridized carbons (Fsp3) is 0.300. The van der Waals surface area contributed by atoms with Crippen LogP contribution in [0.25, 0.3) is 0 Å². The van der Waals surface area contributed by atoms with Crippen LogP contribution in [-0.4, -0.2) is 27.4 Å². The van der Waals surface area contributed by atoms with E-state index in [-0.39, 0.29) is 11.8 Å².